The van der Waals surface area contributed by atoms with Gasteiger partial charge in [0, 0.05) is 10.7 Å². The second-order valence-electron chi connectivity index (χ2n) is 6.34. The van der Waals surface area contributed by atoms with Crippen LogP contribution in [0.4, 0.5) is 17.2 Å². The van der Waals surface area contributed by atoms with Crippen LogP contribution in [0.15, 0.2) is 42.5 Å². The van der Waals surface area contributed by atoms with Crippen molar-refractivity contribution in [3.8, 4) is 5.75 Å². The summed E-state index contributed by atoms with van der Waals surface area (Å²) in [6, 6.07) is 12.3. The van der Waals surface area contributed by atoms with E-state index in [1.165, 1.54) is 13.2 Å². The van der Waals surface area contributed by atoms with Gasteiger partial charge in [0.25, 0.3) is 5.91 Å². The topological polar surface area (TPSA) is 124 Å². The first-order chi connectivity index (χ1) is 14.4. The fourth-order valence-corrected chi connectivity index (χ4v) is 3.01. The monoisotopic (exact) mass is 428 g/mol. The van der Waals surface area contributed by atoms with Crippen molar-refractivity contribution >= 4 is 40.6 Å². The number of aromatic nitrogens is 3. The van der Waals surface area contributed by atoms with E-state index < -0.39 is 5.91 Å². The maximum atomic E-state index is 12.6. The van der Waals surface area contributed by atoms with Crippen molar-refractivity contribution in [1.82, 2.24) is 15.0 Å². The molecule has 0 saturated carbocycles. The van der Waals surface area contributed by atoms with E-state index in [4.69, 9.17) is 22.1 Å². The maximum absolute atomic E-state index is 12.6. The molecule has 0 bridgehead atoms. The van der Waals surface area contributed by atoms with Gasteiger partial charge >= 0.3 is 0 Å². The minimum atomic E-state index is -0.601. The van der Waals surface area contributed by atoms with Crippen molar-refractivity contribution in [2.75, 3.05) is 23.5 Å². The van der Waals surface area contributed by atoms with Gasteiger partial charge in [-0.3, -0.25) is 9.59 Å². The number of para-hydroxylation sites is 1. The summed E-state index contributed by atoms with van der Waals surface area (Å²) in [5, 5.41) is 13.5. The molecule has 3 aromatic rings. The van der Waals surface area contributed by atoms with Crippen LogP contribution in [0.5, 0.6) is 5.75 Å². The summed E-state index contributed by atoms with van der Waals surface area (Å²) in [4.78, 5) is 25.0. The molecule has 0 atom stereocenters. The first-order valence-electron chi connectivity index (χ1n) is 9.14. The molecule has 2 amide bonds. The number of rotatable bonds is 7. The molecule has 10 heteroatoms. The highest BCUT2D eigenvalue weighted by atomic mass is 35.5. The Hall–Kier alpha value is -3.59. The van der Waals surface area contributed by atoms with Crippen molar-refractivity contribution in [2.45, 2.75) is 19.9 Å². The van der Waals surface area contributed by atoms with Crippen LogP contribution in [0.25, 0.3) is 0 Å². The van der Waals surface area contributed by atoms with Gasteiger partial charge in [0.1, 0.15) is 12.3 Å². The molecule has 0 aliphatic rings. The van der Waals surface area contributed by atoms with Crippen molar-refractivity contribution in [2.24, 2.45) is 0 Å². The average Bonchev–Trinajstić information content (AvgIpc) is 3.08. The van der Waals surface area contributed by atoms with Crippen molar-refractivity contribution in [3.63, 3.8) is 0 Å². The Kier molecular flexibility index (Phi) is 6.53. The minimum absolute atomic E-state index is 0.0348. The van der Waals surface area contributed by atoms with Crippen LogP contribution in [-0.2, 0) is 17.8 Å². The zero-order chi connectivity index (χ0) is 21.7. The lowest BCUT2D eigenvalue weighted by molar-refractivity contribution is -0.116. The molecule has 156 valence electrons. The molecule has 0 aliphatic carbocycles. The number of amides is 2. The summed E-state index contributed by atoms with van der Waals surface area (Å²) in [5.41, 5.74) is 7.97. The molecular formula is C20H21ClN6O3. The van der Waals surface area contributed by atoms with Crippen LogP contribution >= 0.6 is 11.6 Å². The molecule has 0 aliphatic heterocycles. The summed E-state index contributed by atoms with van der Waals surface area (Å²) < 4.78 is 6.36. The van der Waals surface area contributed by atoms with Gasteiger partial charge in [0.2, 0.25) is 5.91 Å². The summed E-state index contributed by atoms with van der Waals surface area (Å²) in [5.74, 6) is -0.549. The van der Waals surface area contributed by atoms with E-state index in [2.05, 4.69) is 20.9 Å². The molecule has 1 aromatic heterocycles. The molecule has 0 fully saturated rings. The predicted octanol–water partition coefficient (Wildman–Crippen LogP) is 2.98. The van der Waals surface area contributed by atoms with E-state index in [1.54, 1.807) is 12.1 Å². The first-order valence-corrected chi connectivity index (χ1v) is 9.52. The number of carbonyl (C=O) groups is 2. The van der Waals surface area contributed by atoms with Crippen molar-refractivity contribution in [1.29, 1.82) is 0 Å². The van der Waals surface area contributed by atoms with Crippen LogP contribution < -0.4 is 21.1 Å². The molecule has 0 unspecified atom stereocenters. The first kappa shape index (κ1) is 21.1. The number of nitrogens with zero attached hydrogens (tertiary/aromatic N) is 3. The summed E-state index contributed by atoms with van der Waals surface area (Å²) in [7, 11) is 1.47. The number of benzene rings is 2. The predicted molar refractivity (Wildman–Crippen MR) is 115 cm³/mol. The standard InChI is InChI=1S/C20H21ClN6O3/c1-3-12-6-4-5-7-14(12)23-17(28)11-27-19(22)18(25-26-27)20(29)24-15-10-13(21)8-9-16(15)30-2/h4-10H,3,11,22H2,1-2H3,(H,23,28)(H,24,29). The van der Waals surface area contributed by atoms with Crippen molar-refractivity contribution in [3.05, 3.63) is 58.7 Å². The average molecular weight is 429 g/mol. The Morgan fingerprint density at radius 1 is 1.17 bits per heavy atom. The lowest BCUT2D eigenvalue weighted by atomic mass is 10.1. The Balaban J connectivity index is 1.72. The summed E-state index contributed by atoms with van der Waals surface area (Å²) in [6.07, 6.45) is 0.777. The van der Waals surface area contributed by atoms with E-state index in [0.29, 0.717) is 16.5 Å². The van der Waals surface area contributed by atoms with Gasteiger partial charge in [-0.15, -0.1) is 5.10 Å². The third-order valence-electron chi connectivity index (χ3n) is 4.36. The fourth-order valence-electron chi connectivity index (χ4n) is 2.83. The number of ether oxygens (including phenoxy) is 1. The van der Waals surface area contributed by atoms with Gasteiger partial charge < -0.3 is 21.1 Å². The number of methoxy groups -OCH3 is 1. The second kappa shape index (κ2) is 9.27. The molecule has 0 saturated heterocycles. The maximum Gasteiger partial charge on any atom is 0.280 e. The molecule has 2 aromatic carbocycles. The fraction of sp³-hybridized carbons (Fsp3) is 0.200. The molecule has 4 N–H and O–H groups in total. The largest absolute Gasteiger partial charge is 0.495 e. The van der Waals surface area contributed by atoms with Crippen LogP contribution in [-0.4, -0.2) is 33.9 Å². The quantitative estimate of drug-likeness (QED) is 0.531. The van der Waals surface area contributed by atoms with E-state index in [-0.39, 0.29) is 24.0 Å². The van der Waals surface area contributed by atoms with Crippen LogP contribution in [0.2, 0.25) is 5.02 Å². The number of anilines is 3. The van der Waals surface area contributed by atoms with Crippen LogP contribution in [0, 0.1) is 0 Å². The highest BCUT2D eigenvalue weighted by Crippen LogP contribution is 2.28. The summed E-state index contributed by atoms with van der Waals surface area (Å²) in [6.45, 7) is 1.81. The highest BCUT2D eigenvalue weighted by Gasteiger charge is 2.20. The van der Waals surface area contributed by atoms with Gasteiger partial charge in [0.15, 0.2) is 11.5 Å². The Morgan fingerprint density at radius 3 is 2.67 bits per heavy atom. The lowest BCUT2D eigenvalue weighted by Gasteiger charge is -2.10. The number of hydrogen-bond donors (Lipinski definition) is 3. The number of halogens is 1. The second-order valence-corrected chi connectivity index (χ2v) is 6.77. The van der Waals surface area contributed by atoms with Gasteiger partial charge in [-0.25, -0.2) is 4.68 Å². The van der Waals surface area contributed by atoms with Crippen LogP contribution in [0.1, 0.15) is 23.0 Å². The molecule has 0 radical (unpaired) electrons. The molecule has 3 rings (SSSR count). The van der Waals surface area contributed by atoms with E-state index in [0.717, 1.165) is 22.4 Å². The molecule has 1 heterocycles. The zero-order valence-corrected chi connectivity index (χ0v) is 17.2. The minimum Gasteiger partial charge on any atom is -0.495 e. The molecule has 0 spiro atoms. The third-order valence-corrected chi connectivity index (χ3v) is 4.60. The zero-order valence-electron chi connectivity index (χ0n) is 16.5. The van der Waals surface area contributed by atoms with E-state index in [9.17, 15) is 9.59 Å². The molecule has 30 heavy (non-hydrogen) atoms. The number of carbonyl (C=O) groups excluding carboxylic acids is 2. The Labute approximate surface area is 178 Å². The highest BCUT2D eigenvalue weighted by molar-refractivity contribution is 6.31. The van der Waals surface area contributed by atoms with Gasteiger partial charge in [-0.05, 0) is 36.2 Å². The van der Waals surface area contributed by atoms with Crippen molar-refractivity contribution < 1.29 is 14.3 Å². The SMILES string of the molecule is CCc1ccccc1NC(=O)Cn1nnc(C(=O)Nc2cc(Cl)ccc2OC)c1N. The van der Waals surface area contributed by atoms with E-state index >= 15 is 0 Å². The molecular weight excluding hydrogens is 408 g/mol. The number of nitrogens with two attached hydrogens (primary N) is 1. The van der Waals surface area contributed by atoms with Gasteiger partial charge in [0.05, 0.1) is 12.8 Å². The molecule has 9 nitrogen and oxygen atoms in total. The normalized spacial score (nSPS) is 10.5. The van der Waals surface area contributed by atoms with E-state index in [1.807, 2.05) is 31.2 Å². The Morgan fingerprint density at radius 2 is 1.93 bits per heavy atom. The lowest BCUT2D eigenvalue weighted by Crippen LogP contribution is -2.22. The smallest absolute Gasteiger partial charge is 0.280 e. The van der Waals surface area contributed by atoms with Gasteiger partial charge in [-0.1, -0.05) is 41.9 Å². The summed E-state index contributed by atoms with van der Waals surface area (Å²) >= 11 is 5.98. The van der Waals surface area contributed by atoms with Crippen LogP contribution in [0.3, 0.4) is 0 Å². The Bertz CT molecular complexity index is 1080. The van der Waals surface area contributed by atoms with Gasteiger partial charge in [-0.2, -0.15) is 0 Å². The number of aryl methyl sites for hydroxylation is 1. The number of nitrogen functional groups attached to an aromatic ring is 1. The third kappa shape index (κ3) is 4.69. The number of nitrogens with one attached hydrogen (secondary N) is 2. The number of hydrogen-bond acceptors (Lipinski definition) is 6.